The van der Waals surface area contributed by atoms with Gasteiger partial charge in [0.15, 0.2) is 0 Å². The van der Waals surface area contributed by atoms with Gasteiger partial charge in [-0.2, -0.15) is 0 Å². The molecule has 0 spiro atoms. The molecule has 0 aromatic heterocycles. The summed E-state index contributed by atoms with van der Waals surface area (Å²) in [4.78, 5) is 0. The first-order valence-electron chi connectivity index (χ1n) is 9.21. The fourth-order valence-corrected chi connectivity index (χ4v) is 7.14. The maximum absolute atomic E-state index is 13.6. The Bertz CT molecular complexity index is 779. The van der Waals surface area contributed by atoms with Gasteiger partial charge in [0, 0.05) is 0 Å². The SMILES string of the molecule is CP(=O)(C1=CCC1Cc1ccccc1)C1=CCC1Cc1ccccc1. The van der Waals surface area contributed by atoms with Gasteiger partial charge in [0.25, 0.3) is 0 Å². The molecule has 0 heterocycles. The molecule has 0 saturated carbocycles. The van der Waals surface area contributed by atoms with Gasteiger partial charge in [-0.1, -0.05) is 72.8 Å². The van der Waals surface area contributed by atoms with E-state index in [9.17, 15) is 4.57 Å². The van der Waals surface area contributed by atoms with Crippen LogP contribution in [0.5, 0.6) is 0 Å². The molecular formula is C23H25OP. The minimum absolute atomic E-state index is 0.456. The van der Waals surface area contributed by atoms with E-state index >= 15 is 0 Å². The van der Waals surface area contributed by atoms with Gasteiger partial charge in [-0.15, -0.1) is 0 Å². The molecule has 2 unspecified atom stereocenters. The van der Waals surface area contributed by atoms with Gasteiger partial charge in [-0.05, 0) is 65.9 Å². The van der Waals surface area contributed by atoms with Crippen molar-refractivity contribution in [2.24, 2.45) is 11.8 Å². The number of benzene rings is 2. The average Bonchev–Trinajstić information content (AvgIpc) is 2.56. The van der Waals surface area contributed by atoms with Crippen molar-refractivity contribution in [1.29, 1.82) is 0 Å². The van der Waals surface area contributed by atoms with Crippen molar-refractivity contribution in [1.82, 2.24) is 0 Å². The third-order valence-corrected chi connectivity index (χ3v) is 8.76. The minimum Gasteiger partial charge on any atom is -0.315 e. The predicted octanol–water partition coefficient (Wildman–Crippen LogP) is 6.27. The zero-order chi connectivity index (χ0) is 17.3. The lowest BCUT2D eigenvalue weighted by Gasteiger charge is -2.38. The Morgan fingerprint density at radius 1 is 0.760 bits per heavy atom. The number of rotatable bonds is 6. The van der Waals surface area contributed by atoms with E-state index in [-0.39, 0.29) is 0 Å². The second-order valence-corrected chi connectivity index (χ2v) is 10.3. The fraction of sp³-hybridized carbons (Fsp3) is 0.304. The van der Waals surface area contributed by atoms with Crippen LogP contribution in [0.15, 0.2) is 83.4 Å². The third kappa shape index (κ3) is 3.31. The van der Waals surface area contributed by atoms with E-state index < -0.39 is 7.14 Å². The van der Waals surface area contributed by atoms with Crippen LogP contribution >= 0.6 is 7.14 Å². The largest absolute Gasteiger partial charge is 0.315 e. The van der Waals surface area contributed by atoms with Crippen LogP contribution in [0.1, 0.15) is 24.0 Å². The van der Waals surface area contributed by atoms with Crippen molar-refractivity contribution in [2.75, 3.05) is 6.66 Å². The molecule has 0 amide bonds. The van der Waals surface area contributed by atoms with Crippen molar-refractivity contribution in [3.05, 3.63) is 94.6 Å². The number of hydrogen-bond acceptors (Lipinski definition) is 1. The van der Waals surface area contributed by atoms with Gasteiger partial charge in [-0.3, -0.25) is 0 Å². The highest BCUT2D eigenvalue weighted by atomic mass is 31.2. The van der Waals surface area contributed by atoms with Gasteiger partial charge < -0.3 is 4.57 Å². The van der Waals surface area contributed by atoms with E-state index in [2.05, 4.69) is 72.8 Å². The van der Waals surface area contributed by atoms with E-state index in [1.165, 1.54) is 21.8 Å². The first kappa shape index (κ1) is 16.6. The molecule has 0 bridgehead atoms. The Labute approximate surface area is 150 Å². The van der Waals surface area contributed by atoms with E-state index in [1.54, 1.807) is 0 Å². The second kappa shape index (κ2) is 6.81. The van der Waals surface area contributed by atoms with Crippen LogP contribution in [0.25, 0.3) is 0 Å². The van der Waals surface area contributed by atoms with Crippen molar-refractivity contribution >= 4 is 7.14 Å². The monoisotopic (exact) mass is 348 g/mol. The van der Waals surface area contributed by atoms with Gasteiger partial charge in [0.05, 0.1) is 0 Å². The summed E-state index contributed by atoms with van der Waals surface area (Å²) in [6, 6.07) is 21.2. The molecule has 25 heavy (non-hydrogen) atoms. The predicted molar refractivity (Wildman–Crippen MR) is 106 cm³/mol. The van der Waals surface area contributed by atoms with Crippen LogP contribution in [0.3, 0.4) is 0 Å². The third-order valence-electron chi connectivity index (χ3n) is 5.69. The molecule has 2 aromatic rings. The van der Waals surface area contributed by atoms with Gasteiger partial charge >= 0.3 is 0 Å². The molecule has 0 N–H and O–H groups in total. The Hall–Kier alpha value is -1.85. The topological polar surface area (TPSA) is 17.1 Å². The number of allylic oxidation sites excluding steroid dienone is 4. The normalized spacial score (nSPS) is 24.4. The Balaban J connectivity index is 1.46. The summed E-state index contributed by atoms with van der Waals surface area (Å²) >= 11 is 0. The maximum atomic E-state index is 13.6. The maximum Gasteiger partial charge on any atom is 0.132 e. The molecule has 0 fully saturated rings. The van der Waals surface area contributed by atoms with Crippen molar-refractivity contribution in [3.8, 4) is 0 Å². The fourth-order valence-electron chi connectivity index (χ4n) is 4.15. The summed E-state index contributed by atoms with van der Waals surface area (Å²) < 4.78 is 13.6. The first-order chi connectivity index (χ1) is 12.1. The van der Waals surface area contributed by atoms with Crippen LogP contribution < -0.4 is 0 Å². The summed E-state index contributed by atoms with van der Waals surface area (Å²) in [6.07, 6.45) is 8.62. The van der Waals surface area contributed by atoms with E-state index in [0.29, 0.717) is 11.8 Å². The lowest BCUT2D eigenvalue weighted by Crippen LogP contribution is -2.21. The van der Waals surface area contributed by atoms with Crippen molar-refractivity contribution < 1.29 is 4.57 Å². The smallest absolute Gasteiger partial charge is 0.132 e. The summed E-state index contributed by atoms with van der Waals surface area (Å²) in [5.74, 6) is 0.911. The second-order valence-electron chi connectivity index (χ2n) is 7.43. The lowest BCUT2D eigenvalue weighted by atomic mass is 9.87. The summed E-state index contributed by atoms with van der Waals surface area (Å²) in [5.41, 5.74) is 2.70. The molecule has 2 aromatic carbocycles. The zero-order valence-electron chi connectivity index (χ0n) is 14.8. The molecule has 0 saturated heterocycles. The minimum atomic E-state index is -2.36. The van der Waals surface area contributed by atoms with Crippen LogP contribution in [-0.2, 0) is 17.4 Å². The molecule has 2 atom stereocenters. The molecule has 2 aliphatic carbocycles. The number of hydrogen-bond donors (Lipinski definition) is 0. The lowest BCUT2D eigenvalue weighted by molar-refractivity contribution is 0.533. The average molecular weight is 348 g/mol. The molecule has 2 aliphatic rings. The van der Waals surface area contributed by atoms with Gasteiger partial charge in [0.2, 0.25) is 0 Å². The molecule has 1 nitrogen and oxygen atoms in total. The van der Waals surface area contributed by atoms with Gasteiger partial charge in [0.1, 0.15) is 7.14 Å². The molecule has 2 heteroatoms. The van der Waals surface area contributed by atoms with Gasteiger partial charge in [-0.25, -0.2) is 0 Å². The molecule has 0 aliphatic heterocycles. The van der Waals surface area contributed by atoms with Crippen LogP contribution in [-0.4, -0.2) is 6.66 Å². The Morgan fingerprint density at radius 3 is 1.48 bits per heavy atom. The molecule has 4 rings (SSSR count). The highest BCUT2D eigenvalue weighted by molar-refractivity contribution is 7.71. The highest BCUT2D eigenvalue weighted by Crippen LogP contribution is 2.68. The van der Waals surface area contributed by atoms with Crippen LogP contribution in [0.4, 0.5) is 0 Å². The first-order valence-corrected chi connectivity index (χ1v) is 11.4. The standard InChI is InChI=1S/C23H25OP/c1-25(24,22-14-12-20(22)16-18-8-4-2-5-9-18)23-15-13-21(23)17-19-10-6-3-7-11-19/h2-11,14-15,20-21H,12-13,16-17H2,1H3. The molecular weight excluding hydrogens is 323 g/mol. The van der Waals surface area contributed by atoms with E-state index in [4.69, 9.17) is 0 Å². The summed E-state index contributed by atoms with van der Waals surface area (Å²) in [5, 5.41) is 2.45. The van der Waals surface area contributed by atoms with E-state index in [0.717, 1.165) is 25.7 Å². The quantitative estimate of drug-likeness (QED) is 0.562. The summed E-state index contributed by atoms with van der Waals surface area (Å²) in [6.45, 7) is 2.00. The highest BCUT2D eigenvalue weighted by Gasteiger charge is 2.40. The van der Waals surface area contributed by atoms with Crippen molar-refractivity contribution in [3.63, 3.8) is 0 Å². The molecule has 128 valence electrons. The zero-order valence-corrected chi connectivity index (χ0v) is 15.7. The Kier molecular flexibility index (Phi) is 4.52. The molecule has 0 radical (unpaired) electrons. The van der Waals surface area contributed by atoms with E-state index in [1.807, 2.05) is 6.66 Å². The van der Waals surface area contributed by atoms with Crippen molar-refractivity contribution in [2.45, 2.75) is 25.7 Å². The summed E-state index contributed by atoms with van der Waals surface area (Å²) in [7, 11) is -2.36. The Morgan fingerprint density at radius 2 is 1.16 bits per heavy atom. The van der Waals surface area contributed by atoms with Crippen LogP contribution in [0, 0.1) is 11.8 Å². The van der Waals surface area contributed by atoms with Crippen LogP contribution in [0.2, 0.25) is 0 Å².